The van der Waals surface area contributed by atoms with Gasteiger partial charge in [-0.05, 0) is 50.2 Å². The van der Waals surface area contributed by atoms with Gasteiger partial charge in [0.25, 0.3) is 10.0 Å². The molecule has 0 atom stereocenters. The number of sulfonamides is 1. The lowest BCUT2D eigenvalue weighted by atomic mass is 10.1. The Morgan fingerprint density at radius 3 is 2.59 bits per heavy atom. The number of rotatable bonds is 3. The molecule has 0 aromatic heterocycles. The summed E-state index contributed by atoms with van der Waals surface area (Å²) in [5.41, 5.74) is -0.0934. The van der Waals surface area contributed by atoms with E-state index in [1.54, 1.807) is 0 Å². The average molecular weight is 413 g/mol. The van der Waals surface area contributed by atoms with E-state index < -0.39 is 21.4 Å². The van der Waals surface area contributed by atoms with Crippen molar-refractivity contribution in [3.63, 3.8) is 0 Å². The summed E-state index contributed by atoms with van der Waals surface area (Å²) in [5.74, 6) is -0.448. The average Bonchev–Trinajstić information content (AvgIpc) is 2.56. The van der Waals surface area contributed by atoms with Crippen LogP contribution in [0.15, 0.2) is 41.3 Å². The highest BCUT2D eigenvalue weighted by atomic mass is 35.5. The number of nitrogens with zero attached hydrogens (tertiary/aromatic N) is 1. The van der Waals surface area contributed by atoms with Gasteiger partial charge in [-0.2, -0.15) is 0 Å². The van der Waals surface area contributed by atoms with E-state index in [1.807, 2.05) is 13.8 Å². The molecule has 0 unspecified atom stereocenters. The van der Waals surface area contributed by atoms with Crippen LogP contribution in [0.2, 0.25) is 5.02 Å². The third kappa shape index (κ3) is 4.01. The number of anilines is 2. The number of amides is 1. The summed E-state index contributed by atoms with van der Waals surface area (Å²) in [6.07, 6.45) is 0. The lowest BCUT2D eigenvalue weighted by Crippen LogP contribution is -2.48. The highest BCUT2D eigenvalue weighted by Gasteiger charge is 2.34. The number of hydrogen-bond donors (Lipinski definition) is 1. The fraction of sp³-hybridized carbons (Fsp3) is 0.278. The molecule has 2 aromatic rings. The second-order valence-corrected chi connectivity index (χ2v) is 8.92. The highest BCUT2D eigenvalue weighted by molar-refractivity contribution is 7.92. The lowest BCUT2D eigenvalue weighted by Gasteiger charge is -2.39. The van der Waals surface area contributed by atoms with E-state index in [2.05, 4.69) is 4.72 Å². The zero-order valence-electron chi connectivity index (χ0n) is 14.9. The van der Waals surface area contributed by atoms with Crippen molar-refractivity contribution in [3.05, 3.63) is 47.2 Å². The van der Waals surface area contributed by atoms with E-state index in [4.69, 9.17) is 16.3 Å². The zero-order chi connectivity index (χ0) is 20.0. The first-order chi connectivity index (χ1) is 12.5. The van der Waals surface area contributed by atoms with Gasteiger partial charge in [0, 0.05) is 6.92 Å². The van der Waals surface area contributed by atoms with E-state index in [-0.39, 0.29) is 21.5 Å². The molecule has 144 valence electrons. The van der Waals surface area contributed by atoms with Crippen molar-refractivity contribution < 1.29 is 22.3 Å². The maximum absolute atomic E-state index is 13.3. The van der Waals surface area contributed by atoms with Crippen LogP contribution in [0, 0.1) is 5.82 Å². The van der Waals surface area contributed by atoms with E-state index >= 15 is 0 Å². The van der Waals surface area contributed by atoms with Gasteiger partial charge < -0.3 is 9.64 Å². The van der Waals surface area contributed by atoms with Gasteiger partial charge in [0.05, 0.1) is 27.8 Å². The van der Waals surface area contributed by atoms with Gasteiger partial charge in [0.2, 0.25) is 5.91 Å². The quantitative estimate of drug-likeness (QED) is 0.831. The number of halogens is 2. The molecule has 1 aliphatic heterocycles. The Bertz CT molecular complexity index is 1020. The van der Waals surface area contributed by atoms with Crippen LogP contribution in [0.1, 0.15) is 20.8 Å². The van der Waals surface area contributed by atoms with Gasteiger partial charge in [0.1, 0.15) is 17.2 Å². The van der Waals surface area contributed by atoms with Crippen molar-refractivity contribution in [1.82, 2.24) is 0 Å². The summed E-state index contributed by atoms with van der Waals surface area (Å²) in [6.45, 7) is 5.39. The molecule has 0 radical (unpaired) electrons. The first-order valence-electron chi connectivity index (χ1n) is 8.07. The van der Waals surface area contributed by atoms with Gasteiger partial charge in [0.15, 0.2) is 0 Å². The molecule has 9 heteroatoms. The second kappa shape index (κ2) is 6.69. The van der Waals surface area contributed by atoms with E-state index in [9.17, 15) is 17.6 Å². The van der Waals surface area contributed by atoms with Crippen molar-refractivity contribution >= 4 is 38.9 Å². The molecule has 1 heterocycles. The predicted octanol–water partition coefficient (Wildman–Crippen LogP) is 3.80. The van der Waals surface area contributed by atoms with E-state index in [1.165, 1.54) is 42.2 Å². The molecule has 0 aliphatic carbocycles. The number of carbonyl (C=O) groups is 1. The fourth-order valence-electron chi connectivity index (χ4n) is 2.81. The van der Waals surface area contributed by atoms with Crippen molar-refractivity contribution in [2.24, 2.45) is 0 Å². The van der Waals surface area contributed by atoms with Gasteiger partial charge in [-0.3, -0.25) is 9.52 Å². The van der Waals surface area contributed by atoms with Crippen molar-refractivity contribution in [2.45, 2.75) is 31.3 Å². The number of fused-ring (bicyclic) bond motifs is 1. The maximum Gasteiger partial charge on any atom is 0.261 e. The third-order valence-corrected chi connectivity index (χ3v) is 5.68. The third-order valence-electron chi connectivity index (χ3n) is 4.01. The Balaban J connectivity index is 1.99. The Labute approximate surface area is 161 Å². The molecule has 0 saturated heterocycles. The summed E-state index contributed by atoms with van der Waals surface area (Å²) < 4.78 is 46.8. The van der Waals surface area contributed by atoms with Crippen LogP contribution >= 0.6 is 11.6 Å². The topological polar surface area (TPSA) is 75.7 Å². The Morgan fingerprint density at radius 1 is 1.26 bits per heavy atom. The molecule has 2 aromatic carbocycles. The van der Waals surface area contributed by atoms with Crippen molar-refractivity contribution in [3.8, 4) is 5.75 Å². The summed E-state index contributed by atoms with van der Waals surface area (Å²) in [7, 11) is -3.98. The normalized spacial score (nSPS) is 15.7. The number of ether oxygens (including phenoxy) is 1. The van der Waals surface area contributed by atoms with Gasteiger partial charge in [-0.1, -0.05) is 11.6 Å². The monoisotopic (exact) mass is 412 g/mol. The molecule has 1 aliphatic rings. The number of nitrogens with one attached hydrogen (secondary N) is 1. The Kier molecular flexibility index (Phi) is 4.81. The van der Waals surface area contributed by atoms with Gasteiger partial charge in [-0.15, -0.1) is 0 Å². The minimum atomic E-state index is -3.98. The standard InChI is InChI=1S/C18H18ClFN2O4S/c1-11(23)22-10-18(2,3)26-17-7-5-13(9-16(17)22)27(24,25)21-12-4-6-15(20)14(19)8-12/h4-9,21H,10H2,1-3H3. The number of hydrogen-bond acceptors (Lipinski definition) is 4. The second-order valence-electron chi connectivity index (χ2n) is 6.83. The summed E-state index contributed by atoms with van der Waals surface area (Å²) in [5, 5.41) is -0.195. The SMILES string of the molecule is CC(=O)N1CC(C)(C)Oc2ccc(S(=O)(=O)Nc3ccc(F)c(Cl)c3)cc21. The Morgan fingerprint density at radius 2 is 1.96 bits per heavy atom. The fourth-order valence-corrected chi connectivity index (χ4v) is 4.06. The molecule has 0 spiro atoms. The van der Waals surface area contributed by atoms with Gasteiger partial charge >= 0.3 is 0 Å². The maximum atomic E-state index is 13.3. The van der Waals surface area contributed by atoms with Crippen LogP contribution in [-0.2, 0) is 14.8 Å². The lowest BCUT2D eigenvalue weighted by molar-refractivity contribution is -0.117. The molecule has 1 N–H and O–H groups in total. The molecular weight excluding hydrogens is 395 g/mol. The summed E-state index contributed by atoms with van der Waals surface area (Å²) in [4.78, 5) is 13.4. The van der Waals surface area contributed by atoms with Crippen LogP contribution in [-0.4, -0.2) is 26.5 Å². The summed E-state index contributed by atoms with van der Waals surface area (Å²) >= 11 is 5.69. The molecule has 0 saturated carbocycles. The summed E-state index contributed by atoms with van der Waals surface area (Å²) in [6, 6.07) is 7.79. The first kappa shape index (κ1) is 19.4. The highest BCUT2D eigenvalue weighted by Crippen LogP contribution is 2.38. The van der Waals surface area contributed by atoms with Crippen LogP contribution in [0.3, 0.4) is 0 Å². The molecular formula is C18H18ClFN2O4S. The van der Waals surface area contributed by atoms with E-state index in [0.717, 1.165) is 6.07 Å². The number of carbonyl (C=O) groups excluding carboxylic acids is 1. The zero-order valence-corrected chi connectivity index (χ0v) is 16.5. The molecule has 1 amide bonds. The predicted molar refractivity (Wildman–Crippen MR) is 101 cm³/mol. The van der Waals surface area contributed by atoms with Crippen LogP contribution < -0.4 is 14.4 Å². The van der Waals surface area contributed by atoms with Crippen molar-refractivity contribution in [1.29, 1.82) is 0 Å². The minimum absolute atomic E-state index is 0.0590. The smallest absolute Gasteiger partial charge is 0.261 e. The van der Waals surface area contributed by atoms with Crippen LogP contribution in [0.25, 0.3) is 0 Å². The van der Waals surface area contributed by atoms with E-state index in [0.29, 0.717) is 18.0 Å². The molecule has 0 fully saturated rings. The molecule has 3 rings (SSSR count). The molecule has 27 heavy (non-hydrogen) atoms. The molecule has 6 nitrogen and oxygen atoms in total. The Hall–Kier alpha value is -2.32. The van der Waals surface area contributed by atoms with Crippen LogP contribution in [0.5, 0.6) is 5.75 Å². The van der Waals surface area contributed by atoms with Crippen LogP contribution in [0.4, 0.5) is 15.8 Å². The first-order valence-corrected chi connectivity index (χ1v) is 9.94. The van der Waals surface area contributed by atoms with Gasteiger partial charge in [-0.25, -0.2) is 12.8 Å². The minimum Gasteiger partial charge on any atom is -0.484 e. The van der Waals surface area contributed by atoms with Crippen molar-refractivity contribution in [2.75, 3.05) is 16.2 Å². The largest absolute Gasteiger partial charge is 0.484 e. The molecule has 0 bridgehead atoms. The number of benzene rings is 2.